The number of carbonyl (C=O) groups is 1. The van der Waals surface area contributed by atoms with Crippen molar-refractivity contribution in [2.75, 3.05) is 32.1 Å². The summed E-state index contributed by atoms with van der Waals surface area (Å²) in [7, 11) is 4.01. The van der Waals surface area contributed by atoms with Gasteiger partial charge in [-0.15, -0.1) is 0 Å². The Morgan fingerprint density at radius 2 is 2.24 bits per heavy atom. The highest BCUT2D eigenvalue weighted by molar-refractivity contribution is 5.74. The predicted octanol–water partition coefficient (Wildman–Crippen LogP) is 2.51. The number of carbonyl (C=O) groups excluding carboxylic acids is 1. The molecule has 2 aromatic rings. The topological polar surface area (TPSA) is 57.7 Å². The molecule has 2 amide bonds. The zero-order valence-corrected chi connectivity index (χ0v) is 14.7. The van der Waals surface area contributed by atoms with Crippen molar-refractivity contribution in [3.05, 3.63) is 54.4 Å². The van der Waals surface area contributed by atoms with Gasteiger partial charge in [0.05, 0.1) is 12.7 Å². The molecular weight excluding hydrogens is 316 g/mol. The van der Waals surface area contributed by atoms with Gasteiger partial charge in [0.2, 0.25) is 0 Å². The maximum Gasteiger partial charge on any atom is 0.317 e. The number of aromatic nitrogens is 1. The molecule has 6 heteroatoms. The summed E-state index contributed by atoms with van der Waals surface area (Å²) in [4.78, 5) is 20.3. The number of nitrogens with zero attached hydrogens (tertiary/aromatic N) is 3. The molecule has 1 aromatic carbocycles. The van der Waals surface area contributed by atoms with E-state index in [1.54, 1.807) is 17.3 Å². The van der Waals surface area contributed by atoms with Gasteiger partial charge >= 0.3 is 6.03 Å². The quantitative estimate of drug-likeness (QED) is 0.909. The van der Waals surface area contributed by atoms with Crippen LogP contribution >= 0.6 is 0 Å². The number of hydrogen-bond donors (Lipinski definition) is 1. The summed E-state index contributed by atoms with van der Waals surface area (Å²) in [6.45, 7) is 1.82. The fourth-order valence-electron chi connectivity index (χ4n) is 2.85. The number of pyridine rings is 1. The Balaban J connectivity index is 1.48. The van der Waals surface area contributed by atoms with Crippen molar-refractivity contribution >= 4 is 11.7 Å². The summed E-state index contributed by atoms with van der Waals surface area (Å²) in [6.07, 6.45) is 4.26. The highest BCUT2D eigenvalue weighted by Gasteiger charge is 2.27. The van der Waals surface area contributed by atoms with Gasteiger partial charge in [-0.25, -0.2) is 4.79 Å². The standard InChI is InChI=1S/C19H24N4O2/c1-22(2)16-6-3-5-15(11-16)12-21-19(24)23-10-8-18(14-23)25-17-7-4-9-20-13-17/h3-7,9,11,13,18H,8,10,12,14H2,1-2H3,(H,21,24)/t18-/m0/s1. The zero-order valence-electron chi connectivity index (χ0n) is 14.7. The Morgan fingerprint density at radius 1 is 1.36 bits per heavy atom. The Labute approximate surface area is 148 Å². The summed E-state index contributed by atoms with van der Waals surface area (Å²) in [6, 6.07) is 11.8. The van der Waals surface area contributed by atoms with Crippen LogP contribution in [0, 0.1) is 0 Å². The van der Waals surface area contributed by atoms with Crippen LogP contribution in [-0.2, 0) is 6.54 Å². The van der Waals surface area contributed by atoms with Gasteiger partial charge in [0.1, 0.15) is 11.9 Å². The van der Waals surface area contributed by atoms with Crippen molar-refractivity contribution in [2.24, 2.45) is 0 Å². The fraction of sp³-hybridized carbons (Fsp3) is 0.368. The highest BCUT2D eigenvalue weighted by atomic mass is 16.5. The normalized spacial score (nSPS) is 16.6. The van der Waals surface area contributed by atoms with Gasteiger partial charge in [0, 0.05) is 45.5 Å². The minimum atomic E-state index is -0.0486. The van der Waals surface area contributed by atoms with Crippen LogP contribution in [0.15, 0.2) is 48.8 Å². The second-order valence-electron chi connectivity index (χ2n) is 6.39. The first kappa shape index (κ1) is 17.1. The molecule has 1 aromatic heterocycles. The van der Waals surface area contributed by atoms with E-state index in [2.05, 4.69) is 16.4 Å². The summed E-state index contributed by atoms with van der Waals surface area (Å²) < 4.78 is 5.87. The fourth-order valence-corrected chi connectivity index (χ4v) is 2.85. The van der Waals surface area contributed by atoms with Crippen LogP contribution in [0.1, 0.15) is 12.0 Å². The average Bonchev–Trinajstić information content (AvgIpc) is 3.09. The van der Waals surface area contributed by atoms with Crippen molar-refractivity contribution in [2.45, 2.75) is 19.1 Å². The number of urea groups is 1. The lowest BCUT2D eigenvalue weighted by Crippen LogP contribution is -2.39. The number of anilines is 1. The molecule has 0 bridgehead atoms. The third-order valence-corrected chi connectivity index (χ3v) is 4.24. The zero-order chi connectivity index (χ0) is 17.6. The molecule has 0 spiro atoms. The average molecular weight is 340 g/mol. The van der Waals surface area contributed by atoms with E-state index in [0.29, 0.717) is 19.6 Å². The molecule has 25 heavy (non-hydrogen) atoms. The molecule has 1 N–H and O–H groups in total. The van der Waals surface area contributed by atoms with E-state index < -0.39 is 0 Å². The van der Waals surface area contributed by atoms with Gasteiger partial charge in [0.25, 0.3) is 0 Å². The van der Waals surface area contributed by atoms with E-state index in [9.17, 15) is 4.79 Å². The molecule has 0 aliphatic carbocycles. The minimum Gasteiger partial charge on any atom is -0.487 e. The minimum absolute atomic E-state index is 0.0204. The van der Waals surface area contributed by atoms with Crippen LogP contribution in [0.4, 0.5) is 10.5 Å². The summed E-state index contributed by atoms with van der Waals surface area (Å²) in [5.74, 6) is 0.746. The van der Waals surface area contributed by atoms with Gasteiger partial charge in [-0.1, -0.05) is 12.1 Å². The first-order valence-corrected chi connectivity index (χ1v) is 8.47. The number of ether oxygens (including phenoxy) is 1. The van der Waals surface area contributed by atoms with Gasteiger partial charge in [-0.2, -0.15) is 0 Å². The molecule has 1 fully saturated rings. The second-order valence-corrected chi connectivity index (χ2v) is 6.39. The SMILES string of the molecule is CN(C)c1cccc(CNC(=O)N2CC[C@H](Oc3cccnc3)C2)c1. The summed E-state index contributed by atoms with van der Waals surface area (Å²) >= 11 is 0. The number of nitrogens with one attached hydrogen (secondary N) is 1. The van der Waals surface area contributed by atoms with Crippen molar-refractivity contribution < 1.29 is 9.53 Å². The van der Waals surface area contributed by atoms with Crippen LogP contribution in [0.3, 0.4) is 0 Å². The maximum atomic E-state index is 12.4. The number of likely N-dealkylation sites (tertiary alicyclic amines) is 1. The van der Waals surface area contributed by atoms with E-state index in [1.807, 2.05) is 49.3 Å². The third-order valence-electron chi connectivity index (χ3n) is 4.24. The smallest absolute Gasteiger partial charge is 0.317 e. The molecule has 0 saturated carbocycles. The largest absolute Gasteiger partial charge is 0.487 e. The monoisotopic (exact) mass is 340 g/mol. The maximum absolute atomic E-state index is 12.4. The molecule has 6 nitrogen and oxygen atoms in total. The van der Waals surface area contributed by atoms with Crippen LogP contribution in [0.2, 0.25) is 0 Å². The van der Waals surface area contributed by atoms with Crippen molar-refractivity contribution in [3.8, 4) is 5.75 Å². The lowest BCUT2D eigenvalue weighted by Gasteiger charge is -2.18. The molecule has 1 saturated heterocycles. The molecule has 1 atom stereocenters. The number of hydrogen-bond acceptors (Lipinski definition) is 4. The van der Waals surface area contributed by atoms with Gasteiger partial charge in [-0.05, 0) is 29.8 Å². The Hall–Kier alpha value is -2.76. The summed E-state index contributed by atoms with van der Waals surface area (Å²) in [5, 5.41) is 2.99. The Morgan fingerprint density at radius 3 is 3.00 bits per heavy atom. The first-order valence-electron chi connectivity index (χ1n) is 8.47. The number of benzene rings is 1. The molecule has 1 aliphatic rings. The van der Waals surface area contributed by atoms with E-state index >= 15 is 0 Å². The number of amides is 2. The molecule has 0 radical (unpaired) electrons. The third kappa shape index (κ3) is 4.62. The summed E-state index contributed by atoms with van der Waals surface area (Å²) in [5.41, 5.74) is 2.21. The molecule has 132 valence electrons. The predicted molar refractivity (Wildman–Crippen MR) is 97.8 cm³/mol. The molecule has 3 rings (SSSR count). The molecule has 0 unspecified atom stereocenters. The second kappa shape index (κ2) is 7.88. The van der Waals surface area contributed by atoms with E-state index in [4.69, 9.17) is 4.74 Å². The van der Waals surface area contributed by atoms with E-state index in [-0.39, 0.29) is 12.1 Å². The van der Waals surface area contributed by atoms with Crippen LogP contribution in [0.5, 0.6) is 5.75 Å². The van der Waals surface area contributed by atoms with Gasteiger partial charge < -0.3 is 19.9 Å². The van der Waals surface area contributed by atoms with E-state index in [1.165, 1.54) is 0 Å². The molecule has 1 aliphatic heterocycles. The van der Waals surface area contributed by atoms with Crippen LogP contribution < -0.4 is 15.0 Å². The van der Waals surface area contributed by atoms with Crippen molar-refractivity contribution in [3.63, 3.8) is 0 Å². The van der Waals surface area contributed by atoms with Crippen molar-refractivity contribution in [1.82, 2.24) is 15.2 Å². The van der Waals surface area contributed by atoms with Gasteiger partial charge in [0.15, 0.2) is 0 Å². The lowest BCUT2D eigenvalue weighted by atomic mass is 10.2. The Kier molecular flexibility index (Phi) is 5.38. The molecule has 2 heterocycles. The van der Waals surface area contributed by atoms with E-state index in [0.717, 1.165) is 23.4 Å². The van der Waals surface area contributed by atoms with Crippen LogP contribution in [0.25, 0.3) is 0 Å². The highest BCUT2D eigenvalue weighted by Crippen LogP contribution is 2.18. The molecular formula is C19H24N4O2. The lowest BCUT2D eigenvalue weighted by molar-refractivity contribution is 0.186. The van der Waals surface area contributed by atoms with Crippen molar-refractivity contribution in [1.29, 1.82) is 0 Å². The van der Waals surface area contributed by atoms with Crippen LogP contribution in [-0.4, -0.2) is 49.2 Å². The number of rotatable bonds is 5. The van der Waals surface area contributed by atoms with Gasteiger partial charge in [-0.3, -0.25) is 4.98 Å². The Bertz CT molecular complexity index is 706. The first-order chi connectivity index (χ1) is 12.1.